The predicted octanol–water partition coefficient (Wildman–Crippen LogP) is 5.45. The van der Waals surface area contributed by atoms with Crippen molar-refractivity contribution in [3.63, 3.8) is 0 Å². The number of halogens is 2. The summed E-state index contributed by atoms with van der Waals surface area (Å²) in [6.45, 7) is 0.378. The quantitative estimate of drug-likeness (QED) is 0.452. The third-order valence-corrected chi connectivity index (χ3v) is 5.74. The normalized spacial score (nSPS) is 14.6. The summed E-state index contributed by atoms with van der Waals surface area (Å²) in [5.41, 5.74) is 3.58. The van der Waals surface area contributed by atoms with E-state index in [0.717, 1.165) is 0 Å². The van der Waals surface area contributed by atoms with Crippen LogP contribution in [0.4, 0.5) is 4.39 Å². The predicted molar refractivity (Wildman–Crippen MR) is 117 cm³/mol. The maximum Gasteiger partial charge on any atom is 0.142 e. The number of rotatable bonds is 3. The van der Waals surface area contributed by atoms with Gasteiger partial charge < -0.3 is 14.6 Å². The molecule has 158 valence electrons. The summed E-state index contributed by atoms with van der Waals surface area (Å²) in [6.07, 6.45) is -0.949. The highest BCUT2D eigenvalue weighted by molar-refractivity contribution is 6.31. The summed E-state index contributed by atoms with van der Waals surface area (Å²) in [5.74, 6) is 0.579. The summed E-state index contributed by atoms with van der Waals surface area (Å²) in [5, 5.41) is 21.0. The average Bonchev–Trinajstić information content (AvgIpc) is 2.95. The SMILES string of the molecule is N#Cc1cccc2c1COc1ccc(OCc3ccc4cc(F)c(Cl)cc4n3)cc1C2O. The minimum absolute atomic E-state index is 0.0163. The van der Waals surface area contributed by atoms with Gasteiger partial charge in [-0.1, -0.05) is 29.8 Å². The van der Waals surface area contributed by atoms with Crippen molar-refractivity contribution in [2.45, 2.75) is 19.3 Å². The van der Waals surface area contributed by atoms with Crippen LogP contribution in [0, 0.1) is 17.1 Å². The minimum Gasteiger partial charge on any atom is -0.488 e. The van der Waals surface area contributed by atoms with Crippen molar-refractivity contribution in [2.75, 3.05) is 0 Å². The summed E-state index contributed by atoms with van der Waals surface area (Å²) < 4.78 is 25.4. The van der Waals surface area contributed by atoms with Crippen molar-refractivity contribution in [1.29, 1.82) is 5.26 Å². The molecule has 1 aliphatic rings. The van der Waals surface area contributed by atoms with Gasteiger partial charge in [-0.3, -0.25) is 0 Å². The highest BCUT2D eigenvalue weighted by atomic mass is 35.5. The molecule has 3 aromatic carbocycles. The Morgan fingerprint density at radius 2 is 2.03 bits per heavy atom. The fourth-order valence-corrected chi connectivity index (χ4v) is 3.96. The Morgan fingerprint density at radius 3 is 2.88 bits per heavy atom. The van der Waals surface area contributed by atoms with Gasteiger partial charge in [0.2, 0.25) is 0 Å². The number of nitrogens with zero attached hydrogens (tertiary/aromatic N) is 2. The molecule has 5 rings (SSSR count). The van der Waals surface area contributed by atoms with Crippen molar-refractivity contribution >= 4 is 22.5 Å². The van der Waals surface area contributed by atoms with E-state index in [-0.39, 0.29) is 18.2 Å². The second-order valence-electron chi connectivity index (χ2n) is 7.43. The molecular formula is C25H16ClFN2O3. The van der Waals surface area contributed by atoms with E-state index in [9.17, 15) is 14.8 Å². The molecule has 0 bridgehead atoms. The third kappa shape index (κ3) is 3.62. The van der Waals surface area contributed by atoms with Crippen LogP contribution in [0.5, 0.6) is 11.5 Å². The van der Waals surface area contributed by atoms with Crippen LogP contribution >= 0.6 is 11.6 Å². The monoisotopic (exact) mass is 446 g/mol. The van der Waals surface area contributed by atoms with Crippen LogP contribution in [0.1, 0.15) is 34.1 Å². The van der Waals surface area contributed by atoms with Gasteiger partial charge in [-0.2, -0.15) is 5.26 Å². The number of nitriles is 1. The Hall–Kier alpha value is -3.66. The summed E-state index contributed by atoms with van der Waals surface area (Å²) >= 11 is 5.86. The Bertz CT molecular complexity index is 1400. The number of hydrogen-bond donors (Lipinski definition) is 1. The maximum atomic E-state index is 13.6. The van der Waals surface area contributed by atoms with Crippen LogP contribution in [-0.4, -0.2) is 10.1 Å². The molecule has 0 saturated heterocycles. The third-order valence-electron chi connectivity index (χ3n) is 5.45. The van der Waals surface area contributed by atoms with Gasteiger partial charge in [0, 0.05) is 16.5 Å². The van der Waals surface area contributed by atoms with E-state index in [0.29, 0.717) is 50.3 Å². The van der Waals surface area contributed by atoms with Gasteiger partial charge >= 0.3 is 0 Å². The Labute approximate surface area is 188 Å². The summed E-state index contributed by atoms with van der Waals surface area (Å²) in [7, 11) is 0. The fraction of sp³-hybridized carbons (Fsp3) is 0.120. The largest absolute Gasteiger partial charge is 0.488 e. The molecule has 1 N–H and O–H groups in total. The molecule has 7 heteroatoms. The molecule has 1 aromatic heterocycles. The van der Waals surface area contributed by atoms with E-state index >= 15 is 0 Å². The molecule has 0 amide bonds. The second-order valence-corrected chi connectivity index (χ2v) is 7.83. The Kier molecular flexibility index (Phi) is 5.14. The molecule has 2 heterocycles. The van der Waals surface area contributed by atoms with Gasteiger partial charge in [0.25, 0.3) is 0 Å². The lowest BCUT2D eigenvalue weighted by Crippen LogP contribution is -2.04. The zero-order chi connectivity index (χ0) is 22.2. The van der Waals surface area contributed by atoms with Gasteiger partial charge in [-0.15, -0.1) is 0 Å². The molecular weight excluding hydrogens is 431 g/mol. The number of aromatic nitrogens is 1. The van der Waals surface area contributed by atoms with E-state index in [1.807, 2.05) is 0 Å². The molecule has 1 atom stereocenters. The molecule has 0 spiro atoms. The smallest absolute Gasteiger partial charge is 0.142 e. The number of aliphatic hydroxyl groups excluding tert-OH is 1. The summed E-state index contributed by atoms with van der Waals surface area (Å²) in [6, 6.07) is 19.0. The molecule has 1 aliphatic heterocycles. The van der Waals surface area contributed by atoms with E-state index < -0.39 is 11.9 Å². The molecule has 1 unspecified atom stereocenters. The first kappa shape index (κ1) is 20.3. The van der Waals surface area contributed by atoms with Crippen LogP contribution in [0.3, 0.4) is 0 Å². The lowest BCUT2D eigenvalue weighted by Gasteiger charge is -2.15. The molecule has 0 fully saturated rings. The number of pyridine rings is 1. The van der Waals surface area contributed by atoms with Crippen LogP contribution in [0.25, 0.3) is 10.9 Å². The molecule has 0 saturated carbocycles. The highest BCUT2D eigenvalue weighted by Crippen LogP contribution is 2.38. The molecule has 32 heavy (non-hydrogen) atoms. The van der Waals surface area contributed by atoms with E-state index in [1.165, 1.54) is 12.1 Å². The molecule has 0 aliphatic carbocycles. The van der Waals surface area contributed by atoms with Gasteiger partial charge in [0.05, 0.1) is 27.9 Å². The first-order valence-corrected chi connectivity index (χ1v) is 10.3. The van der Waals surface area contributed by atoms with Crippen LogP contribution in [-0.2, 0) is 13.2 Å². The van der Waals surface area contributed by atoms with E-state index in [2.05, 4.69) is 11.1 Å². The van der Waals surface area contributed by atoms with Gasteiger partial charge in [0.15, 0.2) is 0 Å². The average molecular weight is 447 g/mol. The van der Waals surface area contributed by atoms with Gasteiger partial charge in [0.1, 0.15) is 36.6 Å². The topological polar surface area (TPSA) is 75.4 Å². The zero-order valence-electron chi connectivity index (χ0n) is 16.7. The van der Waals surface area contributed by atoms with Crippen LogP contribution in [0.2, 0.25) is 5.02 Å². The molecule has 5 nitrogen and oxygen atoms in total. The maximum absolute atomic E-state index is 13.6. The lowest BCUT2D eigenvalue weighted by molar-refractivity contribution is 0.217. The van der Waals surface area contributed by atoms with Gasteiger partial charge in [-0.05, 0) is 48.0 Å². The van der Waals surface area contributed by atoms with Crippen molar-refractivity contribution < 1.29 is 19.0 Å². The highest BCUT2D eigenvalue weighted by Gasteiger charge is 2.25. The zero-order valence-corrected chi connectivity index (χ0v) is 17.4. The van der Waals surface area contributed by atoms with E-state index in [1.54, 1.807) is 48.5 Å². The first-order valence-electron chi connectivity index (χ1n) is 9.87. The number of hydrogen-bond acceptors (Lipinski definition) is 5. The van der Waals surface area contributed by atoms with Crippen LogP contribution in [0.15, 0.2) is 60.7 Å². The fourth-order valence-electron chi connectivity index (χ4n) is 3.80. The first-order chi connectivity index (χ1) is 15.5. The van der Waals surface area contributed by atoms with Crippen molar-refractivity contribution in [3.8, 4) is 17.6 Å². The van der Waals surface area contributed by atoms with Crippen molar-refractivity contribution in [1.82, 2.24) is 4.98 Å². The lowest BCUT2D eigenvalue weighted by atomic mass is 9.94. The molecule has 4 aromatic rings. The number of fused-ring (bicyclic) bond motifs is 3. The minimum atomic E-state index is -0.949. The molecule has 0 radical (unpaired) electrons. The van der Waals surface area contributed by atoms with Gasteiger partial charge in [-0.25, -0.2) is 9.37 Å². The standard InChI is InChI=1S/C25H16ClFN2O3/c26-21-10-23-14(8-22(21)27)4-5-16(29-23)12-31-17-6-7-24-19(9-17)25(30)18-3-1-2-15(11-28)20(18)13-32-24/h1-10,25,30H,12-13H2. The number of ether oxygens (including phenoxy) is 2. The number of benzene rings is 3. The van der Waals surface area contributed by atoms with Crippen LogP contribution < -0.4 is 9.47 Å². The van der Waals surface area contributed by atoms with Crippen molar-refractivity contribution in [3.05, 3.63) is 99.5 Å². The number of aliphatic hydroxyl groups is 1. The van der Waals surface area contributed by atoms with E-state index in [4.69, 9.17) is 21.1 Å². The Morgan fingerprint density at radius 1 is 1.16 bits per heavy atom. The Balaban J connectivity index is 1.41. The van der Waals surface area contributed by atoms with Crippen molar-refractivity contribution in [2.24, 2.45) is 0 Å². The summed E-state index contributed by atoms with van der Waals surface area (Å²) in [4.78, 5) is 4.48. The second kappa shape index (κ2) is 8.12.